The molecule has 2 bridgehead atoms. The van der Waals surface area contributed by atoms with Gasteiger partial charge in [0.1, 0.15) is 6.10 Å². The van der Waals surface area contributed by atoms with E-state index in [1.54, 1.807) is 0 Å². The SMILES string of the molecule is CC(C)C(=O)O[C@H]1C[C@@H]2C[C@H]1[C@H]1CC=C[C@H]21. The fourth-order valence-corrected chi connectivity index (χ4v) is 3.92. The van der Waals surface area contributed by atoms with Crippen LogP contribution in [0.1, 0.15) is 33.1 Å². The smallest absolute Gasteiger partial charge is 0.308 e. The molecule has 3 rings (SSSR count). The van der Waals surface area contributed by atoms with Gasteiger partial charge in [0, 0.05) is 0 Å². The Morgan fingerprint density at radius 3 is 2.88 bits per heavy atom. The van der Waals surface area contributed by atoms with E-state index < -0.39 is 0 Å². The highest BCUT2D eigenvalue weighted by Gasteiger charge is 2.53. The molecule has 0 aromatic rings. The van der Waals surface area contributed by atoms with Gasteiger partial charge in [-0.2, -0.15) is 0 Å². The van der Waals surface area contributed by atoms with Gasteiger partial charge in [-0.3, -0.25) is 4.79 Å². The molecule has 16 heavy (non-hydrogen) atoms. The summed E-state index contributed by atoms with van der Waals surface area (Å²) in [5, 5.41) is 0. The molecule has 0 amide bonds. The molecule has 2 heteroatoms. The number of carbonyl (C=O) groups excluding carboxylic acids is 1. The number of esters is 1. The lowest BCUT2D eigenvalue weighted by atomic mass is 9.80. The molecule has 0 aromatic carbocycles. The van der Waals surface area contributed by atoms with E-state index in [1.165, 1.54) is 12.8 Å². The van der Waals surface area contributed by atoms with Crippen molar-refractivity contribution in [1.29, 1.82) is 0 Å². The van der Waals surface area contributed by atoms with Gasteiger partial charge in [-0.1, -0.05) is 26.0 Å². The van der Waals surface area contributed by atoms with Crippen molar-refractivity contribution >= 4 is 5.97 Å². The summed E-state index contributed by atoms with van der Waals surface area (Å²) in [5.74, 6) is 3.02. The zero-order valence-corrected chi connectivity index (χ0v) is 10.1. The average molecular weight is 220 g/mol. The highest BCUT2D eigenvalue weighted by Crippen LogP contribution is 2.57. The topological polar surface area (TPSA) is 26.3 Å². The van der Waals surface area contributed by atoms with Gasteiger partial charge in [0.05, 0.1) is 5.92 Å². The molecule has 2 nitrogen and oxygen atoms in total. The number of hydrogen-bond acceptors (Lipinski definition) is 2. The summed E-state index contributed by atoms with van der Waals surface area (Å²) in [7, 11) is 0. The van der Waals surface area contributed by atoms with Crippen LogP contribution in [0.5, 0.6) is 0 Å². The molecule has 3 aliphatic rings. The quantitative estimate of drug-likeness (QED) is 0.528. The minimum Gasteiger partial charge on any atom is -0.462 e. The van der Waals surface area contributed by atoms with Crippen LogP contribution in [-0.4, -0.2) is 12.1 Å². The van der Waals surface area contributed by atoms with Crippen molar-refractivity contribution in [3.05, 3.63) is 12.2 Å². The zero-order chi connectivity index (χ0) is 11.3. The fraction of sp³-hybridized carbons (Fsp3) is 0.786. The van der Waals surface area contributed by atoms with Gasteiger partial charge in [-0.25, -0.2) is 0 Å². The molecule has 0 aromatic heterocycles. The first-order chi connectivity index (χ1) is 7.66. The second-order valence-corrected chi connectivity index (χ2v) is 5.93. The average Bonchev–Trinajstić information content (AvgIpc) is 2.87. The van der Waals surface area contributed by atoms with Crippen molar-refractivity contribution in [3.63, 3.8) is 0 Å². The first-order valence-corrected chi connectivity index (χ1v) is 6.54. The van der Waals surface area contributed by atoms with E-state index >= 15 is 0 Å². The van der Waals surface area contributed by atoms with Gasteiger partial charge in [0.2, 0.25) is 0 Å². The van der Waals surface area contributed by atoms with Gasteiger partial charge in [0.15, 0.2) is 0 Å². The van der Waals surface area contributed by atoms with E-state index in [0.29, 0.717) is 5.92 Å². The Balaban J connectivity index is 1.67. The molecule has 0 spiro atoms. The van der Waals surface area contributed by atoms with E-state index in [1.807, 2.05) is 13.8 Å². The van der Waals surface area contributed by atoms with Crippen molar-refractivity contribution in [2.45, 2.75) is 39.2 Å². The summed E-state index contributed by atoms with van der Waals surface area (Å²) in [6.45, 7) is 3.82. The molecule has 0 unspecified atom stereocenters. The normalized spacial score (nSPS) is 44.1. The molecule has 0 radical (unpaired) electrons. The predicted molar refractivity (Wildman–Crippen MR) is 61.7 cm³/mol. The van der Waals surface area contributed by atoms with Crippen LogP contribution in [-0.2, 0) is 9.53 Å². The Morgan fingerprint density at radius 1 is 1.31 bits per heavy atom. The monoisotopic (exact) mass is 220 g/mol. The number of ether oxygens (including phenoxy) is 1. The molecule has 2 saturated carbocycles. The molecule has 0 saturated heterocycles. The van der Waals surface area contributed by atoms with Crippen LogP contribution in [0.4, 0.5) is 0 Å². The van der Waals surface area contributed by atoms with Crippen LogP contribution in [0.2, 0.25) is 0 Å². The van der Waals surface area contributed by atoms with Gasteiger partial charge in [-0.15, -0.1) is 0 Å². The third-order valence-electron chi connectivity index (χ3n) is 4.68. The molecule has 3 aliphatic carbocycles. The van der Waals surface area contributed by atoms with E-state index in [2.05, 4.69) is 12.2 Å². The maximum atomic E-state index is 11.6. The largest absolute Gasteiger partial charge is 0.462 e. The summed E-state index contributed by atoms with van der Waals surface area (Å²) < 4.78 is 5.65. The van der Waals surface area contributed by atoms with Crippen LogP contribution in [0, 0.1) is 29.6 Å². The molecule has 0 aliphatic heterocycles. The van der Waals surface area contributed by atoms with Crippen molar-refractivity contribution < 1.29 is 9.53 Å². The number of allylic oxidation sites excluding steroid dienone is 2. The molecular weight excluding hydrogens is 200 g/mol. The minimum atomic E-state index is -0.0138. The highest BCUT2D eigenvalue weighted by atomic mass is 16.5. The van der Waals surface area contributed by atoms with E-state index in [4.69, 9.17) is 4.74 Å². The van der Waals surface area contributed by atoms with Gasteiger partial charge in [-0.05, 0) is 42.9 Å². The van der Waals surface area contributed by atoms with Crippen LogP contribution in [0.25, 0.3) is 0 Å². The minimum absolute atomic E-state index is 0.0108. The standard InChI is InChI=1S/C14H20O2/c1-8(2)14(15)16-13-7-9-6-12(13)11-5-3-4-10(9)11/h3-4,8-13H,5-7H2,1-2H3/t9-,10+,11-,12-,13-/m0/s1. The molecule has 0 N–H and O–H groups in total. The predicted octanol–water partition coefficient (Wildman–Crippen LogP) is 2.79. The molecular formula is C14H20O2. The lowest BCUT2D eigenvalue weighted by molar-refractivity contribution is -0.156. The second-order valence-electron chi connectivity index (χ2n) is 5.93. The van der Waals surface area contributed by atoms with Crippen LogP contribution < -0.4 is 0 Å². The number of carbonyl (C=O) groups is 1. The lowest BCUT2D eigenvalue weighted by Crippen LogP contribution is -2.33. The summed E-state index contributed by atoms with van der Waals surface area (Å²) in [6, 6.07) is 0. The van der Waals surface area contributed by atoms with Crippen molar-refractivity contribution in [1.82, 2.24) is 0 Å². The van der Waals surface area contributed by atoms with E-state index in [9.17, 15) is 4.79 Å². The Bertz CT molecular complexity index is 332. The van der Waals surface area contributed by atoms with Crippen molar-refractivity contribution in [2.24, 2.45) is 29.6 Å². The van der Waals surface area contributed by atoms with Gasteiger partial charge < -0.3 is 4.74 Å². The maximum absolute atomic E-state index is 11.6. The summed E-state index contributed by atoms with van der Waals surface area (Å²) in [6.07, 6.45) is 8.55. The second kappa shape index (κ2) is 3.61. The van der Waals surface area contributed by atoms with Crippen LogP contribution in [0.3, 0.4) is 0 Å². The first-order valence-electron chi connectivity index (χ1n) is 6.54. The Labute approximate surface area is 97.1 Å². The number of rotatable bonds is 2. The third-order valence-corrected chi connectivity index (χ3v) is 4.68. The van der Waals surface area contributed by atoms with Crippen molar-refractivity contribution in [3.8, 4) is 0 Å². The van der Waals surface area contributed by atoms with Gasteiger partial charge >= 0.3 is 5.97 Å². The van der Waals surface area contributed by atoms with E-state index in [0.717, 1.165) is 24.2 Å². The Hall–Kier alpha value is -0.790. The molecule has 0 heterocycles. The third kappa shape index (κ3) is 1.42. The molecule has 88 valence electrons. The van der Waals surface area contributed by atoms with Gasteiger partial charge in [0.25, 0.3) is 0 Å². The molecule has 2 fully saturated rings. The van der Waals surface area contributed by atoms with Crippen molar-refractivity contribution in [2.75, 3.05) is 0 Å². The van der Waals surface area contributed by atoms with E-state index in [-0.39, 0.29) is 18.0 Å². The Morgan fingerprint density at radius 2 is 2.12 bits per heavy atom. The fourth-order valence-electron chi connectivity index (χ4n) is 3.92. The number of fused-ring (bicyclic) bond motifs is 5. The lowest BCUT2D eigenvalue weighted by Gasteiger charge is -2.31. The van der Waals surface area contributed by atoms with Crippen LogP contribution >= 0.6 is 0 Å². The zero-order valence-electron chi connectivity index (χ0n) is 10.1. The van der Waals surface area contributed by atoms with Crippen LogP contribution in [0.15, 0.2) is 12.2 Å². The number of hydrogen-bond donors (Lipinski definition) is 0. The first kappa shape index (κ1) is 10.4. The highest BCUT2D eigenvalue weighted by molar-refractivity contribution is 5.71. The summed E-state index contributed by atoms with van der Waals surface area (Å²) >= 11 is 0. The Kier molecular flexibility index (Phi) is 2.34. The molecule has 5 atom stereocenters. The summed E-state index contributed by atoms with van der Waals surface area (Å²) in [5.41, 5.74) is 0. The maximum Gasteiger partial charge on any atom is 0.308 e. The summed E-state index contributed by atoms with van der Waals surface area (Å²) in [4.78, 5) is 11.6.